The van der Waals surface area contributed by atoms with Crippen LogP contribution in [0.5, 0.6) is 0 Å². The van der Waals surface area contributed by atoms with Crippen LogP contribution in [0, 0.1) is 0 Å². The molecule has 1 aliphatic carbocycles. The normalized spacial score (nSPS) is 13.6. The summed E-state index contributed by atoms with van der Waals surface area (Å²) in [4.78, 5) is 21.7. The van der Waals surface area contributed by atoms with Crippen molar-refractivity contribution in [3.8, 4) is 11.4 Å². The Balaban J connectivity index is 1.71. The molecule has 2 aromatic rings. The summed E-state index contributed by atoms with van der Waals surface area (Å²) < 4.78 is 5.03. The first-order valence-corrected chi connectivity index (χ1v) is 10.4. The molecule has 0 bridgehead atoms. The number of anilines is 1. The van der Waals surface area contributed by atoms with Crippen molar-refractivity contribution in [1.82, 2.24) is 15.3 Å². The van der Waals surface area contributed by atoms with E-state index in [4.69, 9.17) is 4.74 Å². The molecule has 0 saturated carbocycles. The van der Waals surface area contributed by atoms with Crippen LogP contribution in [0.15, 0.2) is 48.0 Å². The van der Waals surface area contributed by atoms with Crippen LogP contribution < -0.4 is 10.6 Å². The van der Waals surface area contributed by atoms with Crippen molar-refractivity contribution in [3.63, 3.8) is 0 Å². The fourth-order valence-corrected chi connectivity index (χ4v) is 3.36. The van der Waals surface area contributed by atoms with Crippen molar-refractivity contribution in [2.45, 2.75) is 38.5 Å². The highest BCUT2D eigenvalue weighted by Gasteiger charge is 2.13. The number of rotatable bonds is 10. The number of carbonyl (C=O) groups excluding carboxylic acids is 1. The van der Waals surface area contributed by atoms with Crippen LogP contribution in [-0.2, 0) is 4.74 Å². The van der Waals surface area contributed by atoms with E-state index in [9.17, 15) is 4.79 Å². The van der Waals surface area contributed by atoms with Gasteiger partial charge in [-0.25, -0.2) is 9.97 Å². The van der Waals surface area contributed by atoms with Crippen LogP contribution in [0.25, 0.3) is 11.4 Å². The average molecular weight is 395 g/mol. The number of methoxy groups -OCH3 is 1. The molecular formula is C23H30N4O2. The van der Waals surface area contributed by atoms with Gasteiger partial charge in [-0.1, -0.05) is 42.0 Å². The number of carbonyl (C=O) groups is 1. The fraction of sp³-hybridized carbons (Fsp3) is 0.435. The third-order valence-corrected chi connectivity index (χ3v) is 4.94. The SMILES string of the molecule is COCCCNC(=O)c1cc(NCCC2=CCCCC2)nc(-c2ccccc2)n1. The predicted octanol–water partition coefficient (Wildman–Crippen LogP) is 4.21. The second-order valence-corrected chi connectivity index (χ2v) is 7.22. The van der Waals surface area contributed by atoms with E-state index in [1.165, 1.54) is 31.3 Å². The highest BCUT2D eigenvalue weighted by atomic mass is 16.5. The number of hydrogen-bond acceptors (Lipinski definition) is 5. The molecule has 1 aromatic heterocycles. The van der Waals surface area contributed by atoms with Crippen LogP contribution in [-0.4, -0.2) is 42.7 Å². The number of nitrogens with one attached hydrogen (secondary N) is 2. The molecule has 0 spiro atoms. The highest BCUT2D eigenvalue weighted by Crippen LogP contribution is 2.21. The largest absolute Gasteiger partial charge is 0.385 e. The van der Waals surface area contributed by atoms with E-state index in [0.29, 0.717) is 30.5 Å². The quantitative estimate of drug-likeness (QED) is 0.466. The molecular weight excluding hydrogens is 364 g/mol. The number of ether oxygens (including phenoxy) is 1. The summed E-state index contributed by atoms with van der Waals surface area (Å²) >= 11 is 0. The lowest BCUT2D eigenvalue weighted by atomic mass is 9.97. The van der Waals surface area contributed by atoms with Crippen molar-refractivity contribution < 1.29 is 9.53 Å². The van der Waals surface area contributed by atoms with Gasteiger partial charge < -0.3 is 15.4 Å². The Bertz CT molecular complexity index is 821. The number of allylic oxidation sites excluding steroid dienone is 1. The topological polar surface area (TPSA) is 76.1 Å². The van der Waals surface area contributed by atoms with Crippen molar-refractivity contribution in [1.29, 1.82) is 0 Å². The summed E-state index contributed by atoms with van der Waals surface area (Å²) in [5, 5.41) is 6.28. The van der Waals surface area contributed by atoms with E-state index in [0.717, 1.165) is 24.9 Å². The third kappa shape index (κ3) is 6.68. The second kappa shape index (κ2) is 11.3. The Hall–Kier alpha value is -2.73. The predicted molar refractivity (Wildman–Crippen MR) is 116 cm³/mol. The van der Waals surface area contributed by atoms with Gasteiger partial charge in [0.1, 0.15) is 11.5 Å². The number of aromatic nitrogens is 2. The molecule has 0 fully saturated rings. The minimum absolute atomic E-state index is 0.196. The molecule has 29 heavy (non-hydrogen) atoms. The van der Waals surface area contributed by atoms with Gasteiger partial charge in [0.05, 0.1) is 0 Å². The Morgan fingerprint density at radius 3 is 2.76 bits per heavy atom. The van der Waals surface area contributed by atoms with Crippen molar-refractivity contribution >= 4 is 11.7 Å². The van der Waals surface area contributed by atoms with Crippen LogP contribution in [0.1, 0.15) is 49.0 Å². The van der Waals surface area contributed by atoms with E-state index in [1.54, 1.807) is 13.2 Å². The van der Waals surface area contributed by atoms with Gasteiger partial charge >= 0.3 is 0 Å². The van der Waals surface area contributed by atoms with E-state index >= 15 is 0 Å². The molecule has 0 saturated heterocycles. The molecule has 2 N–H and O–H groups in total. The van der Waals surface area contributed by atoms with Crippen LogP contribution in [0.3, 0.4) is 0 Å². The zero-order chi connectivity index (χ0) is 20.3. The molecule has 3 rings (SSSR count). The maximum atomic E-state index is 12.6. The fourth-order valence-electron chi connectivity index (χ4n) is 3.36. The first-order valence-electron chi connectivity index (χ1n) is 10.4. The average Bonchev–Trinajstić information content (AvgIpc) is 2.78. The number of nitrogens with zero attached hydrogens (tertiary/aromatic N) is 2. The van der Waals surface area contributed by atoms with Crippen LogP contribution in [0.4, 0.5) is 5.82 Å². The first kappa shape index (κ1) is 21.0. The van der Waals surface area contributed by atoms with Crippen LogP contribution >= 0.6 is 0 Å². The van der Waals surface area contributed by atoms with E-state index in [1.807, 2.05) is 30.3 Å². The highest BCUT2D eigenvalue weighted by molar-refractivity contribution is 5.93. The zero-order valence-corrected chi connectivity index (χ0v) is 17.1. The molecule has 0 unspecified atom stereocenters. The monoisotopic (exact) mass is 394 g/mol. The van der Waals surface area contributed by atoms with Gasteiger partial charge in [0.15, 0.2) is 5.82 Å². The van der Waals surface area contributed by atoms with Gasteiger partial charge in [0, 0.05) is 38.4 Å². The minimum atomic E-state index is -0.196. The maximum Gasteiger partial charge on any atom is 0.270 e. The number of benzene rings is 1. The maximum absolute atomic E-state index is 12.6. The summed E-state index contributed by atoms with van der Waals surface area (Å²) in [5.74, 6) is 1.03. The molecule has 6 heteroatoms. The van der Waals surface area contributed by atoms with Gasteiger partial charge in [-0.2, -0.15) is 0 Å². The van der Waals surface area contributed by atoms with Crippen molar-refractivity contribution in [2.75, 3.05) is 32.1 Å². The van der Waals surface area contributed by atoms with Gasteiger partial charge in [-0.05, 0) is 38.5 Å². The van der Waals surface area contributed by atoms with Crippen molar-refractivity contribution in [3.05, 3.63) is 53.7 Å². The Kier molecular flexibility index (Phi) is 8.19. The summed E-state index contributed by atoms with van der Waals surface area (Å²) in [6.07, 6.45) is 9.09. The molecule has 1 amide bonds. The number of hydrogen-bond donors (Lipinski definition) is 2. The molecule has 1 aromatic carbocycles. The van der Waals surface area contributed by atoms with E-state index < -0.39 is 0 Å². The zero-order valence-electron chi connectivity index (χ0n) is 17.1. The Morgan fingerprint density at radius 2 is 2.00 bits per heavy atom. The Morgan fingerprint density at radius 1 is 1.14 bits per heavy atom. The molecule has 1 heterocycles. The smallest absolute Gasteiger partial charge is 0.270 e. The van der Waals surface area contributed by atoms with Gasteiger partial charge in [0.2, 0.25) is 0 Å². The molecule has 1 aliphatic rings. The third-order valence-electron chi connectivity index (χ3n) is 4.94. The summed E-state index contributed by atoms with van der Waals surface area (Å²) in [5.41, 5.74) is 2.77. The Labute approximate surface area is 172 Å². The summed E-state index contributed by atoms with van der Waals surface area (Å²) in [6.45, 7) is 1.96. The lowest BCUT2D eigenvalue weighted by Gasteiger charge is -2.14. The summed E-state index contributed by atoms with van der Waals surface area (Å²) in [7, 11) is 1.65. The van der Waals surface area contributed by atoms with Gasteiger partial charge in [0.25, 0.3) is 5.91 Å². The lowest BCUT2D eigenvalue weighted by Crippen LogP contribution is -2.26. The first-order chi connectivity index (χ1) is 14.3. The minimum Gasteiger partial charge on any atom is -0.385 e. The molecule has 0 radical (unpaired) electrons. The van der Waals surface area contributed by atoms with Crippen LogP contribution in [0.2, 0.25) is 0 Å². The molecule has 0 atom stereocenters. The molecule has 6 nitrogen and oxygen atoms in total. The van der Waals surface area contributed by atoms with Gasteiger partial charge in [-0.3, -0.25) is 4.79 Å². The summed E-state index contributed by atoms with van der Waals surface area (Å²) in [6, 6.07) is 11.5. The molecule has 0 aliphatic heterocycles. The second-order valence-electron chi connectivity index (χ2n) is 7.22. The standard InChI is InChI=1S/C23H30N4O2/c1-29-16-8-14-25-23(28)20-17-21(24-15-13-18-9-4-2-5-10-18)27-22(26-20)19-11-6-3-7-12-19/h3,6-7,9,11-12,17H,2,4-5,8,10,13-16H2,1H3,(H,25,28)(H,24,26,27). The molecule has 154 valence electrons. The van der Waals surface area contributed by atoms with Gasteiger partial charge in [-0.15, -0.1) is 0 Å². The lowest BCUT2D eigenvalue weighted by molar-refractivity contribution is 0.0943. The van der Waals surface area contributed by atoms with Crippen molar-refractivity contribution in [2.24, 2.45) is 0 Å². The van der Waals surface area contributed by atoms with E-state index in [2.05, 4.69) is 26.7 Å². The number of amides is 1. The van der Waals surface area contributed by atoms with E-state index in [-0.39, 0.29) is 5.91 Å².